The highest BCUT2D eigenvalue weighted by atomic mass is 16.2. The lowest BCUT2D eigenvalue weighted by atomic mass is 10.1. The molecule has 1 aliphatic rings. The van der Waals surface area contributed by atoms with Crippen molar-refractivity contribution in [3.8, 4) is 0 Å². The van der Waals surface area contributed by atoms with Gasteiger partial charge in [-0.15, -0.1) is 0 Å². The predicted octanol–water partition coefficient (Wildman–Crippen LogP) is 3.30. The van der Waals surface area contributed by atoms with Crippen LogP contribution in [0.1, 0.15) is 47.0 Å². The normalized spacial score (nSPS) is 17.1. The zero-order chi connectivity index (χ0) is 12.1. The second-order valence-electron chi connectivity index (χ2n) is 4.89. The monoisotopic (exact) mass is 221 g/mol. The second kappa shape index (κ2) is 5.88. The van der Waals surface area contributed by atoms with Crippen molar-refractivity contribution in [1.29, 1.82) is 0 Å². The van der Waals surface area contributed by atoms with Gasteiger partial charge in [-0.2, -0.15) is 0 Å². The molecule has 0 bridgehead atoms. The van der Waals surface area contributed by atoms with Gasteiger partial charge in [0.05, 0.1) is 0 Å². The summed E-state index contributed by atoms with van der Waals surface area (Å²) in [5, 5.41) is 0. The molecule has 0 aromatic carbocycles. The van der Waals surface area contributed by atoms with Gasteiger partial charge in [0.25, 0.3) is 0 Å². The summed E-state index contributed by atoms with van der Waals surface area (Å²) < 4.78 is 0. The molecule has 0 atom stereocenters. The molecule has 0 radical (unpaired) electrons. The number of carbonyl (C=O) groups is 1. The molecule has 1 heterocycles. The van der Waals surface area contributed by atoms with E-state index in [0.717, 1.165) is 37.9 Å². The van der Waals surface area contributed by atoms with Gasteiger partial charge in [-0.25, -0.2) is 0 Å². The average molecular weight is 221 g/mol. The number of likely N-dealkylation sites (tertiary alicyclic amines) is 1. The largest absolute Gasteiger partial charge is 0.339 e. The summed E-state index contributed by atoms with van der Waals surface area (Å²) in [5.41, 5.74) is 3.43. The molecule has 2 heteroatoms. The lowest BCUT2D eigenvalue weighted by Gasteiger charge is -2.17. The highest BCUT2D eigenvalue weighted by Crippen LogP contribution is 2.16. The molecule has 0 saturated carbocycles. The van der Waals surface area contributed by atoms with E-state index in [-0.39, 0.29) is 5.91 Å². The van der Waals surface area contributed by atoms with Crippen LogP contribution in [0.4, 0.5) is 0 Å². The maximum atomic E-state index is 12.1. The third-order valence-corrected chi connectivity index (χ3v) is 3.17. The second-order valence-corrected chi connectivity index (χ2v) is 4.89. The Balaban J connectivity index is 2.66. The fourth-order valence-corrected chi connectivity index (χ4v) is 1.85. The van der Waals surface area contributed by atoms with Crippen molar-refractivity contribution in [2.75, 3.05) is 13.1 Å². The summed E-state index contributed by atoms with van der Waals surface area (Å²) >= 11 is 0. The standard InChI is InChI=1S/C14H23NO/c1-11(2)7-8-12(3)13(4)14(16)15-9-5-6-10-15/h7H,5-6,8-10H2,1-4H3/b13-12-. The molecule has 1 aliphatic heterocycles. The van der Waals surface area contributed by atoms with Crippen molar-refractivity contribution >= 4 is 5.91 Å². The van der Waals surface area contributed by atoms with Gasteiger partial charge < -0.3 is 4.90 Å². The summed E-state index contributed by atoms with van der Waals surface area (Å²) in [6, 6.07) is 0. The fourth-order valence-electron chi connectivity index (χ4n) is 1.85. The van der Waals surface area contributed by atoms with Crippen LogP contribution < -0.4 is 0 Å². The van der Waals surface area contributed by atoms with Crippen molar-refractivity contribution in [2.45, 2.75) is 47.0 Å². The summed E-state index contributed by atoms with van der Waals surface area (Å²) in [4.78, 5) is 14.1. The molecule has 1 amide bonds. The van der Waals surface area contributed by atoms with E-state index in [4.69, 9.17) is 0 Å². The van der Waals surface area contributed by atoms with Crippen molar-refractivity contribution in [3.05, 3.63) is 22.8 Å². The smallest absolute Gasteiger partial charge is 0.249 e. The van der Waals surface area contributed by atoms with Gasteiger partial charge >= 0.3 is 0 Å². The van der Waals surface area contributed by atoms with E-state index >= 15 is 0 Å². The zero-order valence-electron chi connectivity index (χ0n) is 11.0. The molecule has 90 valence electrons. The summed E-state index contributed by atoms with van der Waals surface area (Å²) in [6.45, 7) is 10.1. The molecule has 16 heavy (non-hydrogen) atoms. The zero-order valence-corrected chi connectivity index (χ0v) is 11.0. The fraction of sp³-hybridized carbons (Fsp3) is 0.643. The Morgan fingerprint density at radius 3 is 2.19 bits per heavy atom. The number of hydrogen-bond acceptors (Lipinski definition) is 1. The Morgan fingerprint density at radius 1 is 1.12 bits per heavy atom. The van der Waals surface area contributed by atoms with E-state index < -0.39 is 0 Å². The molecule has 0 N–H and O–H groups in total. The van der Waals surface area contributed by atoms with Crippen molar-refractivity contribution in [3.63, 3.8) is 0 Å². The van der Waals surface area contributed by atoms with E-state index in [1.54, 1.807) is 0 Å². The Labute approximate surface area is 99.0 Å². The van der Waals surface area contributed by atoms with Crippen molar-refractivity contribution in [1.82, 2.24) is 4.90 Å². The highest BCUT2D eigenvalue weighted by molar-refractivity contribution is 5.93. The van der Waals surface area contributed by atoms with Gasteiger partial charge in [0.15, 0.2) is 0 Å². The maximum Gasteiger partial charge on any atom is 0.249 e. The quantitative estimate of drug-likeness (QED) is 0.529. The number of amides is 1. The molecular formula is C14H23NO. The first-order valence-corrected chi connectivity index (χ1v) is 6.11. The lowest BCUT2D eigenvalue weighted by molar-refractivity contribution is -0.126. The number of carbonyl (C=O) groups excluding carboxylic acids is 1. The Morgan fingerprint density at radius 2 is 1.69 bits per heavy atom. The van der Waals surface area contributed by atoms with Gasteiger partial charge in [0.2, 0.25) is 5.91 Å². The number of nitrogens with zero attached hydrogens (tertiary/aromatic N) is 1. The molecule has 2 nitrogen and oxygen atoms in total. The van der Waals surface area contributed by atoms with Crippen LogP contribution in [0.3, 0.4) is 0 Å². The van der Waals surface area contributed by atoms with Crippen LogP contribution in [-0.4, -0.2) is 23.9 Å². The third-order valence-electron chi connectivity index (χ3n) is 3.17. The number of hydrogen-bond donors (Lipinski definition) is 0. The van der Waals surface area contributed by atoms with Crippen molar-refractivity contribution in [2.24, 2.45) is 0 Å². The molecular weight excluding hydrogens is 198 g/mol. The van der Waals surface area contributed by atoms with E-state index in [2.05, 4.69) is 26.8 Å². The predicted molar refractivity (Wildman–Crippen MR) is 68.2 cm³/mol. The van der Waals surface area contributed by atoms with Gasteiger partial charge in [-0.05, 0) is 47.0 Å². The van der Waals surface area contributed by atoms with Gasteiger partial charge in [0.1, 0.15) is 0 Å². The SMILES string of the molecule is CC(C)=CC/C(C)=C(/C)C(=O)N1CCCC1. The molecule has 1 rings (SSSR count). The van der Waals surface area contributed by atoms with E-state index in [1.165, 1.54) is 11.1 Å². The topological polar surface area (TPSA) is 20.3 Å². The van der Waals surface area contributed by atoms with Crippen LogP contribution >= 0.6 is 0 Å². The third kappa shape index (κ3) is 3.51. The Kier molecular flexibility index (Phi) is 4.78. The molecule has 0 aliphatic carbocycles. The molecule has 0 unspecified atom stereocenters. The van der Waals surface area contributed by atoms with Crippen LogP contribution in [-0.2, 0) is 4.79 Å². The van der Waals surface area contributed by atoms with Gasteiger partial charge in [-0.1, -0.05) is 17.2 Å². The molecule has 0 spiro atoms. The Hall–Kier alpha value is -1.05. The Bertz CT molecular complexity index is 316. The van der Waals surface area contributed by atoms with Crippen LogP contribution in [0.5, 0.6) is 0 Å². The van der Waals surface area contributed by atoms with Crippen LogP contribution in [0, 0.1) is 0 Å². The van der Waals surface area contributed by atoms with E-state index in [9.17, 15) is 4.79 Å². The molecule has 1 saturated heterocycles. The molecule has 0 aromatic rings. The van der Waals surface area contributed by atoms with Crippen molar-refractivity contribution < 1.29 is 4.79 Å². The van der Waals surface area contributed by atoms with Gasteiger partial charge in [-0.3, -0.25) is 4.79 Å². The minimum atomic E-state index is 0.233. The molecule has 1 fully saturated rings. The average Bonchev–Trinajstić information content (AvgIpc) is 2.77. The van der Waals surface area contributed by atoms with Gasteiger partial charge in [0, 0.05) is 18.7 Å². The maximum absolute atomic E-state index is 12.1. The number of rotatable bonds is 3. The van der Waals surface area contributed by atoms with Crippen LogP contribution in [0.2, 0.25) is 0 Å². The summed E-state index contributed by atoms with van der Waals surface area (Å²) in [5.74, 6) is 0.233. The first-order chi connectivity index (χ1) is 7.52. The summed E-state index contributed by atoms with van der Waals surface area (Å²) in [7, 11) is 0. The van der Waals surface area contributed by atoms with Crippen LogP contribution in [0.15, 0.2) is 22.8 Å². The molecule has 0 aromatic heterocycles. The number of allylic oxidation sites excluding steroid dienone is 3. The first kappa shape index (κ1) is 13.0. The highest BCUT2D eigenvalue weighted by Gasteiger charge is 2.19. The minimum absolute atomic E-state index is 0.233. The van der Waals surface area contributed by atoms with E-state index in [1.807, 2.05) is 11.8 Å². The van der Waals surface area contributed by atoms with Crippen LogP contribution in [0.25, 0.3) is 0 Å². The minimum Gasteiger partial charge on any atom is -0.339 e. The van der Waals surface area contributed by atoms with E-state index in [0.29, 0.717) is 0 Å². The summed E-state index contributed by atoms with van der Waals surface area (Å²) in [6.07, 6.45) is 5.39. The lowest BCUT2D eigenvalue weighted by Crippen LogP contribution is -2.28. The first-order valence-electron chi connectivity index (χ1n) is 6.11.